The van der Waals surface area contributed by atoms with Crippen molar-refractivity contribution in [1.29, 1.82) is 0 Å². The summed E-state index contributed by atoms with van der Waals surface area (Å²) in [7, 11) is 1.29. The Hall–Kier alpha value is -2.15. The van der Waals surface area contributed by atoms with Crippen LogP contribution < -0.4 is 0 Å². The third kappa shape index (κ3) is 2.62. The summed E-state index contributed by atoms with van der Waals surface area (Å²) < 4.78 is 18.2. The average Bonchev–Trinajstić information content (AvgIpc) is 2.89. The number of carbonyl (C=O) groups is 2. The van der Waals surface area contributed by atoms with Gasteiger partial charge in [-0.2, -0.15) is 0 Å². The maximum atomic E-state index is 13.3. The number of hydrogen-bond acceptors (Lipinski definition) is 5. The van der Waals surface area contributed by atoms with Crippen molar-refractivity contribution in [2.45, 2.75) is 31.6 Å². The molecule has 0 unspecified atom stereocenters. The lowest BCUT2D eigenvalue weighted by Crippen LogP contribution is -2.40. The molecule has 5 nitrogen and oxygen atoms in total. The fourth-order valence-electron chi connectivity index (χ4n) is 2.92. The minimum atomic E-state index is -0.651. The van der Waals surface area contributed by atoms with Gasteiger partial charge in [0.05, 0.1) is 29.7 Å². The predicted octanol–water partition coefficient (Wildman–Crippen LogP) is 3.04. The van der Waals surface area contributed by atoms with E-state index in [4.69, 9.17) is 4.74 Å². The topological polar surface area (TPSA) is 59.0 Å². The summed E-state index contributed by atoms with van der Waals surface area (Å²) in [5.41, 5.74) is 1.47. The first kappa shape index (κ1) is 16.7. The third-order valence-electron chi connectivity index (χ3n) is 4.11. The van der Waals surface area contributed by atoms with Crippen LogP contribution >= 0.6 is 11.8 Å². The van der Waals surface area contributed by atoms with E-state index in [1.165, 1.54) is 35.9 Å². The van der Waals surface area contributed by atoms with Gasteiger partial charge in [0.2, 0.25) is 5.91 Å². The zero-order chi connectivity index (χ0) is 17.4. The molecule has 1 aromatic rings. The highest BCUT2D eigenvalue weighted by molar-refractivity contribution is 8.15. The summed E-state index contributed by atoms with van der Waals surface area (Å²) in [6.07, 6.45) is 0.668. The van der Waals surface area contributed by atoms with Crippen molar-refractivity contribution < 1.29 is 18.7 Å². The van der Waals surface area contributed by atoms with Gasteiger partial charge in [0, 0.05) is 0 Å². The molecule has 0 N–H and O–H groups in total. The molecular weight excluding hydrogens is 331 g/mol. The van der Waals surface area contributed by atoms with Gasteiger partial charge in [-0.25, -0.2) is 14.2 Å². The molecule has 126 valence electrons. The molecule has 1 aromatic carbocycles. The molecule has 2 aliphatic heterocycles. The number of aliphatic imine (C=N–C) groups is 1. The molecular formula is C17H17FN2O3S. The highest BCUT2D eigenvalue weighted by Crippen LogP contribution is 2.43. The molecule has 1 saturated heterocycles. The van der Waals surface area contributed by atoms with Gasteiger partial charge in [-0.05, 0) is 31.0 Å². The zero-order valence-corrected chi connectivity index (χ0v) is 14.4. The second-order valence-electron chi connectivity index (χ2n) is 5.56. The Morgan fingerprint density at radius 1 is 1.38 bits per heavy atom. The fourth-order valence-corrected chi connectivity index (χ4v) is 4.05. The molecule has 7 heteroatoms. The van der Waals surface area contributed by atoms with E-state index >= 15 is 0 Å². The van der Waals surface area contributed by atoms with Gasteiger partial charge in [0.25, 0.3) is 0 Å². The molecule has 2 heterocycles. The smallest absolute Gasteiger partial charge is 0.338 e. The number of nitrogens with zero attached hydrogens (tertiary/aromatic N) is 2. The molecule has 0 aromatic heterocycles. The summed E-state index contributed by atoms with van der Waals surface area (Å²) in [6, 6.07) is 5.14. The molecule has 3 rings (SSSR count). The molecule has 1 fully saturated rings. The lowest BCUT2D eigenvalue weighted by atomic mass is 9.94. The number of methoxy groups -OCH3 is 1. The maximum absolute atomic E-state index is 13.3. The van der Waals surface area contributed by atoms with E-state index in [1.807, 2.05) is 6.92 Å². The molecule has 0 spiro atoms. The van der Waals surface area contributed by atoms with Crippen LogP contribution in [0, 0.1) is 5.82 Å². The first-order chi connectivity index (χ1) is 11.5. The third-order valence-corrected chi connectivity index (χ3v) is 5.43. The molecule has 0 radical (unpaired) electrons. The van der Waals surface area contributed by atoms with Crippen molar-refractivity contribution in [2.24, 2.45) is 4.99 Å². The van der Waals surface area contributed by atoms with E-state index < -0.39 is 12.0 Å². The second-order valence-corrected chi connectivity index (χ2v) is 6.73. The minimum absolute atomic E-state index is 0.0931. The van der Waals surface area contributed by atoms with E-state index in [0.29, 0.717) is 28.4 Å². The van der Waals surface area contributed by atoms with Crippen LogP contribution in [0.25, 0.3) is 0 Å². The molecule has 1 amide bonds. The van der Waals surface area contributed by atoms with Gasteiger partial charge in [0.15, 0.2) is 5.17 Å². The summed E-state index contributed by atoms with van der Waals surface area (Å²) in [5.74, 6) is -1.01. The van der Waals surface area contributed by atoms with Crippen LogP contribution in [0.3, 0.4) is 0 Å². The van der Waals surface area contributed by atoms with Crippen LogP contribution in [0.5, 0.6) is 0 Å². The van der Waals surface area contributed by atoms with E-state index in [2.05, 4.69) is 4.99 Å². The van der Waals surface area contributed by atoms with Crippen molar-refractivity contribution in [2.75, 3.05) is 7.11 Å². The van der Waals surface area contributed by atoms with Gasteiger partial charge < -0.3 is 4.74 Å². The Bertz CT molecular complexity index is 758. The lowest BCUT2D eigenvalue weighted by molar-refractivity contribution is -0.137. The summed E-state index contributed by atoms with van der Waals surface area (Å²) in [5, 5.41) is 0.350. The van der Waals surface area contributed by atoms with Crippen molar-refractivity contribution in [1.82, 2.24) is 4.90 Å². The SMILES string of the molecule is CC[C@@H]1SC2=NC(C)=C(C(=O)OC)[C@H](c3ccc(F)cc3)N2C1=O. The number of amidine groups is 1. The maximum Gasteiger partial charge on any atom is 0.338 e. The molecule has 0 saturated carbocycles. The quantitative estimate of drug-likeness (QED) is 0.788. The Balaban J connectivity index is 2.15. The van der Waals surface area contributed by atoms with Crippen molar-refractivity contribution in [3.05, 3.63) is 46.9 Å². The van der Waals surface area contributed by atoms with Gasteiger partial charge >= 0.3 is 5.97 Å². The van der Waals surface area contributed by atoms with Crippen LogP contribution in [0.1, 0.15) is 31.9 Å². The minimum Gasteiger partial charge on any atom is -0.466 e. The molecule has 24 heavy (non-hydrogen) atoms. The predicted molar refractivity (Wildman–Crippen MR) is 89.8 cm³/mol. The Morgan fingerprint density at radius 2 is 2.04 bits per heavy atom. The van der Waals surface area contributed by atoms with Crippen LogP contribution in [-0.4, -0.2) is 34.3 Å². The molecule has 0 aliphatic carbocycles. The van der Waals surface area contributed by atoms with Crippen LogP contribution in [0.2, 0.25) is 0 Å². The summed E-state index contributed by atoms with van der Waals surface area (Å²) in [4.78, 5) is 31.0. The van der Waals surface area contributed by atoms with Crippen molar-refractivity contribution >= 4 is 28.8 Å². The Labute approximate surface area is 143 Å². The zero-order valence-electron chi connectivity index (χ0n) is 13.6. The number of esters is 1. The highest BCUT2D eigenvalue weighted by atomic mass is 32.2. The van der Waals surface area contributed by atoms with Crippen LogP contribution in [0.15, 0.2) is 40.5 Å². The number of fused-ring (bicyclic) bond motifs is 1. The van der Waals surface area contributed by atoms with Crippen molar-refractivity contribution in [3.63, 3.8) is 0 Å². The fraction of sp³-hybridized carbons (Fsp3) is 0.353. The first-order valence-electron chi connectivity index (χ1n) is 7.60. The summed E-state index contributed by atoms with van der Waals surface area (Å²) in [6.45, 7) is 3.65. The first-order valence-corrected chi connectivity index (χ1v) is 8.48. The number of amides is 1. The number of halogens is 1. The van der Waals surface area contributed by atoms with Gasteiger partial charge in [-0.15, -0.1) is 0 Å². The van der Waals surface area contributed by atoms with Gasteiger partial charge in [0.1, 0.15) is 5.82 Å². The summed E-state index contributed by atoms with van der Waals surface area (Å²) >= 11 is 1.40. The highest BCUT2D eigenvalue weighted by Gasteiger charge is 2.47. The van der Waals surface area contributed by atoms with Crippen LogP contribution in [0.4, 0.5) is 4.39 Å². The largest absolute Gasteiger partial charge is 0.466 e. The molecule has 0 bridgehead atoms. The number of ether oxygens (including phenoxy) is 1. The molecule has 2 aliphatic rings. The van der Waals surface area contributed by atoms with E-state index in [9.17, 15) is 14.0 Å². The average molecular weight is 348 g/mol. The normalized spacial score (nSPS) is 23.2. The van der Waals surface area contributed by atoms with E-state index in [-0.39, 0.29) is 17.0 Å². The monoisotopic (exact) mass is 348 g/mol. The standard InChI is InChI=1S/C17H17FN2O3S/c1-4-12-15(21)20-14(10-5-7-11(18)8-6-10)13(16(22)23-3)9(2)19-17(20)24-12/h5-8,12,14H,4H2,1-3H3/t12-,14-/m0/s1. The Kier molecular flexibility index (Phi) is 4.45. The van der Waals surface area contributed by atoms with E-state index in [1.54, 1.807) is 19.1 Å². The number of hydrogen-bond donors (Lipinski definition) is 0. The second kappa shape index (κ2) is 6.39. The molecule has 2 atom stereocenters. The number of benzene rings is 1. The van der Waals surface area contributed by atoms with Crippen LogP contribution in [-0.2, 0) is 14.3 Å². The Morgan fingerprint density at radius 3 is 2.62 bits per heavy atom. The number of allylic oxidation sites excluding steroid dienone is 1. The van der Waals surface area contributed by atoms with Crippen molar-refractivity contribution in [3.8, 4) is 0 Å². The number of rotatable bonds is 3. The number of carbonyl (C=O) groups excluding carboxylic acids is 2. The van der Waals surface area contributed by atoms with Gasteiger partial charge in [-0.3, -0.25) is 9.69 Å². The lowest BCUT2D eigenvalue weighted by Gasteiger charge is -2.32. The van der Waals surface area contributed by atoms with E-state index in [0.717, 1.165) is 0 Å². The van der Waals surface area contributed by atoms with Gasteiger partial charge in [-0.1, -0.05) is 30.8 Å². The number of thioether (sulfide) groups is 1.